The van der Waals surface area contributed by atoms with E-state index in [2.05, 4.69) is 5.16 Å². The van der Waals surface area contributed by atoms with Crippen molar-refractivity contribution in [3.8, 4) is 0 Å². The maximum absolute atomic E-state index is 8.52. The Morgan fingerprint density at radius 2 is 1.73 bits per heavy atom. The second-order valence-electron chi connectivity index (χ2n) is 3.73. The molecule has 0 aromatic rings. The fourth-order valence-corrected chi connectivity index (χ4v) is 1.85. The third kappa shape index (κ3) is 1.32. The van der Waals surface area contributed by atoms with Gasteiger partial charge in [0.05, 0.1) is 0 Å². The molecule has 3 nitrogen and oxygen atoms in total. The van der Waals surface area contributed by atoms with Gasteiger partial charge in [0.25, 0.3) is 0 Å². The van der Waals surface area contributed by atoms with E-state index in [9.17, 15) is 0 Å². The number of rotatable bonds is 3. The predicted octanol–water partition coefficient (Wildman–Crippen LogP) is 1.17. The van der Waals surface area contributed by atoms with Crippen LogP contribution in [0.25, 0.3) is 0 Å². The number of nitrogens with zero attached hydrogens (tertiary/aromatic N) is 1. The van der Waals surface area contributed by atoms with Crippen LogP contribution < -0.4 is 5.73 Å². The van der Waals surface area contributed by atoms with E-state index in [1.54, 1.807) is 0 Å². The first-order valence-electron chi connectivity index (χ1n) is 4.30. The van der Waals surface area contributed by atoms with E-state index in [-0.39, 0.29) is 0 Å². The van der Waals surface area contributed by atoms with Gasteiger partial charge in [0.15, 0.2) is 0 Å². The van der Waals surface area contributed by atoms with Crippen molar-refractivity contribution in [2.75, 3.05) is 0 Å². The molecule has 0 bridgehead atoms. The molecule has 2 fully saturated rings. The zero-order valence-electron chi connectivity index (χ0n) is 6.53. The van der Waals surface area contributed by atoms with Gasteiger partial charge in [0.1, 0.15) is 5.84 Å². The van der Waals surface area contributed by atoms with Crippen LogP contribution in [-0.2, 0) is 0 Å². The van der Waals surface area contributed by atoms with E-state index in [1.165, 1.54) is 25.7 Å². The molecule has 2 rings (SSSR count). The highest BCUT2D eigenvalue weighted by atomic mass is 16.4. The molecule has 3 heteroatoms. The van der Waals surface area contributed by atoms with E-state index in [0.29, 0.717) is 11.8 Å². The van der Waals surface area contributed by atoms with Crippen LogP contribution in [0.2, 0.25) is 0 Å². The van der Waals surface area contributed by atoms with Crippen molar-refractivity contribution in [1.29, 1.82) is 0 Å². The van der Waals surface area contributed by atoms with Crippen molar-refractivity contribution in [1.82, 2.24) is 0 Å². The number of hydrogen-bond acceptors (Lipinski definition) is 2. The molecule has 0 spiro atoms. The quantitative estimate of drug-likeness (QED) is 0.277. The number of amidine groups is 1. The summed E-state index contributed by atoms with van der Waals surface area (Å²) in [6.45, 7) is 0. The highest BCUT2D eigenvalue weighted by Gasteiger charge is 2.43. The summed E-state index contributed by atoms with van der Waals surface area (Å²) >= 11 is 0. The molecule has 2 aliphatic carbocycles. The third-order valence-corrected chi connectivity index (χ3v) is 2.72. The molecule has 0 atom stereocenters. The van der Waals surface area contributed by atoms with Crippen LogP contribution in [0, 0.1) is 17.8 Å². The van der Waals surface area contributed by atoms with Crippen molar-refractivity contribution in [3.63, 3.8) is 0 Å². The van der Waals surface area contributed by atoms with Gasteiger partial charge in [-0.1, -0.05) is 5.16 Å². The lowest BCUT2D eigenvalue weighted by atomic mass is 9.97. The van der Waals surface area contributed by atoms with Crippen LogP contribution in [0.4, 0.5) is 0 Å². The Labute approximate surface area is 66.3 Å². The zero-order valence-corrected chi connectivity index (χ0v) is 6.53. The Morgan fingerprint density at radius 3 is 2.00 bits per heavy atom. The average Bonchev–Trinajstić information content (AvgIpc) is 2.81. The average molecular weight is 154 g/mol. The fraction of sp³-hybridized carbons (Fsp3) is 0.875. The highest BCUT2D eigenvalue weighted by Crippen LogP contribution is 2.49. The minimum absolute atomic E-state index is 0.403. The SMILES string of the molecule is N/C(=N\O)C(C1CC1)C1CC1. The van der Waals surface area contributed by atoms with Gasteiger partial charge in [-0.3, -0.25) is 0 Å². The first-order chi connectivity index (χ1) is 5.33. The summed E-state index contributed by atoms with van der Waals surface area (Å²) in [5, 5.41) is 11.6. The lowest BCUT2D eigenvalue weighted by Gasteiger charge is -2.12. The van der Waals surface area contributed by atoms with Crippen molar-refractivity contribution in [2.45, 2.75) is 25.7 Å². The van der Waals surface area contributed by atoms with E-state index < -0.39 is 0 Å². The molecule has 0 aromatic heterocycles. The maximum atomic E-state index is 8.52. The molecule has 0 heterocycles. The molecule has 3 N–H and O–H groups in total. The van der Waals surface area contributed by atoms with Gasteiger partial charge in [0.2, 0.25) is 0 Å². The number of hydrogen-bond donors (Lipinski definition) is 2. The van der Waals surface area contributed by atoms with Crippen LogP contribution in [0.5, 0.6) is 0 Å². The monoisotopic (exact) mass is 154 g/mol. The second kappa shape index (κ2) is 2.40. The number of nitrogens with two attached hydrogens (primary N) is 1. The molecular formula is C8H14N2O. The van der Waals surface area contributed by atoms with Crippen LogP contribution in [0.1, 0.15) is 25.7 Å². The summed E-state index contributed by atoms with van der Waals surface area (Å²) in [4.78, 5) is 0. The summed E-state index contributed by atoms with van der Waals surface area (Å²) < 4.78 is 0. The summed E-state index contributed by atoms with van der Waals surface area (Å²) in [6, 6.07) is 0. The van der Waals surface area contributed by atoms with Gasteiger partial charge in [-0.25, -0.2) is 0 Å². The first kappa shape index (κ1) is 6.95. The van der Waals surface area contributed by atoms with Crippen molar-refractivity contribution in [3.05, 3.63) is 0 Å². The Bertz CT molecular complexity index is 171. The Kier molecular flexibility index (Phi) is 1.51. The molecule has 2 aliphatic rings. The Balaban J connectivity index is 2.02. The first-order valence-corrected chi connectivity index (χ1v) is 4.30. The second-order valence-corrected chi connectivity index (χ2v) is 3.73. The van der Waals surface area contributed by atoms with Gasteiger partial charge in [-0.2, -0.15) is 0 Å². The molecule has 0 saturated heterocycles. The molecule has 0 aromatic carbocycles. The van der Waals surface area contributed by atoms with Gasteiger partial charge < -0.3 is 10.9 Å². The molecule has 11 heavy (non-hydrogen) atoms. The molecule has 0 aliphatic heterocycles. The molecule has 0 amide bonds. The fourth-order valence-electron chi connectivity index (χ4n) is 1.85. The molecule has 0 unspecified atom stereocenters. The van der Waals surface area contributed by atoms with E-state index in [1.807, 2.05) is 0 Å². The standard InChI is InChI=1S/C8H14N2O/c9-8(10-11)7(5-1-2-5)6-3-4-6/h5-7,11H,1-4H2,(H2,9,10). The molecule has 0 radical (unpaired) electrons. The lowest BCUT2D eigenvalue weighted by molar-refractivity contribution is 0.310. The third-order valence-electron chi connectivity index (χ3n) is 2.72. The normalized spacial score (nSPS) is 26.1. The van der Waals surface area contributed by atoms with Crippen molar-refractivity contribution >= 4 is 5.84 Å². The Morgan fingerprint density at radius 1 is 1.27 bits per heavy atom. The van der Waals surface area contributed by atoms with E-state index in [0.717, 1.165) is 11.8 Å². The summed E-state index contributed by atoms with van der Waals surface area (Å²) in [5.74, 6) is 2.34. The van der Waals surface area contributed by atoms with Gasteiger partial charge in [-0.15, -0.1) is 0 Å². The van der Waals surface area contributed by atoms with Crippen molar-refractivity contribution < 1.29 is 5.21 Å². The maximum Gasteiger partial charge on any atom is 0.142 e. The highest BCUT2D eigenvalue weighted by molar-refractivity contribution is 5.83. The van der Waals surface area contributed by atoms with Gasteiger partial charge in [-0.05, 0) is 37.5 Å². The topological polar surface area (TPSA) is 58.6 Å². The molecule has 62 valence electrons. The van der Waals surface area contributed by atoms with E-state index >= 15 is 0 Å². The minimum Gasteiger partial charge on any atom is -0.409 e. The van der Waals surface area contributed by atoms with Crippen LogP contribution in [-0.4, -0.2) is 11.0 Å². The van der Waals surface area contributed by atoms with Gasteiger partial charge >= 0.3 is 0 Å². The van der Waals surface area contributed by atoms with Gasteiger partial charge in [0, 0.05) is 5.92 Å². The summed E-state index contributed by atoms with van der Waals surface area (Å²) in [6.07, 6.45) is 5.10. The van der Waals surface area contributed by atoms with Crippen LogP contribution in [0.3, 0.4) is 0 Å². The number of oxime groups is 1. The smallest absolute Gasteiger partial charge is 0.142 e. The minimum atomic E-state index is 0.403. The predicted molar refractivity (Wildman–Crippen MR) is 42.3 cm³/mol. The lowest BCUT2D eigenvalue weighted by Crippen LogP contribution is -2.27. The Hall–Kier alpha value is -0.730. The molecule has 2 saturated carbocycles. The summed E-state index contributed by atoms with van der Waals surface area (Å²) in [7, 11) is 0. The van der Waals surface area contributed by atoms with E-state index in [4.69, 9.17) is 10.9 Å². The molecular weight excluding hydrogens is 140 g/mol. The summed E-state index contributed by atoms with van der Waals surface area (Å²) in [5.41, 5.74) is 5.60. The van der Waals surface area contributed by atoms with Crippen molar-refractivity contribution in [2.24, 2.45) is 28.6 Å². The van der Waals surface area contributed by atoms with Crippen LogP contribution >= 0.6 is 0 Å². The zero-order chi connectivity index (χ0) is 7.84. The van der Waals surface area contributed by atoms with Crippen LogP contribution in [0.15, 0.2) is 5.16 Å². The largest absolute Gasteiger partial charge is 0.409 e.